The van der Waals surface area contributed by atoms with Gasteiger partial charge in [-0.15, -0.1) is 0 Å². The first-order valence-corrected chi connectivity index (χ1v) is 9.43. The van der Waals surface area contributed by atoms with Gasteiger partial charge in [-0.05, 0) is 38.1 Å². The Kier molecular flexibility index (Phi) is 5.61. The Bertz CT molecular complexity index is 794. The minimum Gasteiger partial charge on any atom is -0.338 e. The van der Waals surface area contributed by atoms with Crippen LogP contribution in [0.2, 0.25) is 0 Å². The van der Waals surface area contributed by atoms with Gasteiger partial charge in [0.25, 0.3) is 5.91 Å². The van der Waals surface area contributed by atoms with Crippen LogP contribution >= 0.6 is 15.9 Å². The maximum Gasteiger partial charge on any atom is 0.317 e. The average molecular weight is 420 g/mol. The van der Waals surface area contributed by atoms with Crippen LogP contribution in [0.25, 0.3) is 5.69 Å². The van der Waals surface area contributed by atoms with Crippen molar-refractivity contribution in [3.8, 4) is 5.69 Å². The maximum absolute atomic E-state index is 12.9. The molecule has 0 spiro atoms. The van der Waals surface area contributed by atoms with Gasteiger partial charge in [-0.25, -0.2) is 9.48 Å². The second-order valence-corrected chi connectivity index (χ2v) is 7.06. The minimum atomic E-state index is -0.0705. The van der Waals surface area contributed by atoms with Gasteiger partial charge in [-0.3, -0.25) is 4.79 Å². The molecule has 2 aromatic rings. The average Bonchev–Trinajstić information content (AvgIpc) is 3.03. The topological polar surface area (TPSA) is 70.5 Å². The molecule has 0 radical (unpaired) electrons. The van der Waals surface area contributed by atoms with Crippen LogP contribution in [0.4, 0.5) is 4.79 Å². The van der Waals surface area contributed by atoms with E-state index in [-0.39, 0.29) is 11.9 Å². The molecule has 0 saturated carbocycles. The van der Waals surface area contributed by atoms with Crippen LogP contribution in [-0.4, -0.2) is 64.2 Å². The first kappa shape index (κ1) is 18.4. The lowest BCUT2D eigenvalue weighted by molar-refractivity contribution is 0.0664. The Labute approximate surface area is 161 Å². The highest BCUT2D eigenvalue weighted by atomic mass is 79.9. The Morgan fingerprint density at radius 3 is 2.35 bits per heavy atom. The summed E-state index contributed by atoms with van der Waals surface area (Å²) in [4.78, 5) is 28.3. The van der Waals surface area contributed by atoms with Crippen LogP contribution in [0.5, 0.6) is 0 Å². The van der Waals surface area contributed by atoms with Crippen molar-refractivity contribution >= 4 is 27.9 Å². The van der Waals surface area contributed by atoms with E-state index in [1.165, 1.54) is 0 Å². The molecular formula is C18H22BrN5O2. The fourth-order valence-corrected chi connectivity index (χ4v) is 3.27. The van der Waals surface area contributed by atoms with Crippen molar-refractivity contribution in [1.82, 2.24) is 24.9 Å². The number of piperazine rings is 1. The SMILES string of the molecule is CCNC(=O)N1CCN(C(=O)c2cnn(-c3ccc(Br)cc3)c2C)CC1. The van der Waals surface area contributed by atoms with E-state index in [0.717, 1.165) is 15.9 Å². The third-order valence-electron chi connectivity index (χ3n) is 4.49. The molecule has 1 N–H and O–H groups in total. The van der Waals surface area contributed by atoms with Gasteiger partial charge < -0.3 is 15.1 Å². The molecule has 1 aliphatic rings. The lowest BCUT2D eigenvalue weighted by Gasteiger charge is -2.34. The number of rotatable bonds is 3. The van der Waals surface area contributed by atoms with Crippen molar-refractivity contribution < 1.29 is 9.59 Å². The van der Waals surface area contributed by atoms with E-state index in [9.17, 15) is 9.59 Å². The number of halogens is 1. The van der Waals surface area contributed by atoms with Gasteiger partial charge in [0.1, 0.15) is 0 Å². The van der Waals surface area contributed by atoms with Crippen LogP contribution in [0.15, 0.2) is 34.9 Å². The van der Waals surface area contributed by atoms with E-state index < -0.39 is 0 Å². The molecule has 3 rings (SSSR count). The lowest BCUT2D eigenvalue weighted by Crippen LogP contribution is -2.53. The molecule has 1 aliphatic heterocycles. The molecule has 8 heteroatoms. The summed E-state index contributed by atoms with van der Waals surface area (Å²) in [5, 5.41) is 7.17. The van der Waals surface area contributed by atoms with Gasteiger partial charge in [0.2, 0.25) is 0 Å². The molecule has 26 heavy (non-hydrogen) atoms. The highest BCUT2D eigenvalue weighted by Gasteiger charge is 2.26. The van der Waals surface area contributed by atoms with Crippen LogP contribution in [0.3, 0.4) is 0 Å². The zero-order chi connectivity index (χ0) is 18.7. The summed E-state index contributed by atoms with van der Waals surface area (Å²) in [5.41, 5.74) is 2.31. The summed E-state index contributed by atoms with van der Waals surface area (Å²) in [6.45, 7) is 6.52. The third-order valence-corrected chi connectivity index (χ3v) is 5.02. The van der Waals surface area contributed by atoms with E-state index in [1.54, 1.807) is 20.7 Å². The van der Waals surface area contributed by atoms with Gasteiger partial charge in [0.05, 0.1) is 23.1 Å². The third kappa shape index (κ3) is 3.75. The van der Waals surface area contributed by atoms with Crippen LogP contribution in [-0.2, 0) is 0 Å². The number of carbonyl (C=O) groups excluding carboxylic acids is 2. The summed E-state index contributed by atoms with van der Waals surface area (Å²) in [7, 11) is 0. The summed E-state index contributed by atoms with van der Waals surface area (Å²) in [6.07, 6.45) is 1.62. The molecule has 1 fully saturated rings. The summed E-state index contributed by atoms with van der Waals surface area (Å²) in [6, 6.07) is 7.71. The van der Waals surface area contributed by atoms with Crippen molar-refractivity contribution in [1.29, 1.82) is 0 Å². The Hall–Kier alpha value is -2.35. The molecule has 0 atom stereocenters. The fourth-order valence-electron chi connectivity index (χ4n) is 3.01. The number of hydrogen-bond donors (Lipinski definition) is 1. The normalized spacial score (nSPS) is 14.4. The second-order valence-electron chi connectivity index (χ2n) is 6.15. The molecule has 0 bridgehead atoms. The Morgan fingerprint density at radius 2 is 1.73 bits per heavy atom. The highest BCUT2D eigenvalue weighted by Crippen LogP contribution is 2.19. The number of nitrogens with one attached hydrogen (secondary N) is 1. The van der Waals surface area contributed by atoms with E-state index in [0.29, 0.717) is 38.3 Å². The van der Waals surface area contributed by atoms with Gasteiger partial charge in [-0.1, -0.05) is 15.9 Å². The first-order valence-electron chi connectivity index (χ1n) is 8.64. The molecule has 138 valence electrons. The molecule has 1 aromatic heterocycles. The molecule has 1 aromatic carbocycles. The second kappa shape index (κ2) is 7.90. The van der Waals surface area contributed by atoms with E-state index in [4.69, 9.17) is 0 Å². The van der Waals surface area contributed by atoms with Crippen LogP contribution < -0.4 is 5.32 Å². The fraction of sp³-hybridized carbons (Fsp3) is 0.389. The van der Waals surface area contributed by atoms with Crippen LogP contribution in [0, 0.1) is 6.92 Å². The lowest BCUT2D eigenvalue weighted by atomic mass is 10.2. The molecular weight excluding hydrogens is 398 g/mol. The van der Waals surface area contributed by atoms with Crippen LogP contribution in [0.1, 0.15) is 23.0 Å². The minimum absolute atomic E-state index is 0.0404. The number of carbonyl (C=O) groups is 2. The van der Waals surface area contributed by atoms with Crippen molar-refractivity contribution in [2.75, 3.05) is 32.7 Å². The zero-order valence-corrected chi connectivity index (χ0v) is 16.5. The predicted octanol–water partition coefficient (Wildman–Crippen LogP) is 2.43. The quantitative estimate of drug-likeness (QED) is 0.830. The Morgan fingerprint density at radius 1 is 1.12 bits per heavy atom. The number of benzene rings is 1. The molecule has 0 unspecified atom stereocenters. The summed E-state index contributed by atoms with van der Waals surface area (Å²) < 4.78 is 2.76. The number of amides is 3. The smallest absolute Gasteiger partial charge is 0.317 e. The van der Waals surface area contributed by atoms with Crippen molar-refractivity contribution in [2.45, 2.75) is 13.8 Å². The monoisotopic (exact) mass is 419 g/mol. The number of aromatic nitrogens is 2. The first-order chi connectivity index (χ1) is 12.5. The number of hydrogen-bond acceptors (Lipinski definition) is 3. The van der Waals surface area contributed by atoms with Crippen molar-refractivity contribution in [3.05, 3.63) is 46.2 Å². The Balaban J connectivity index is 1.70. The van der Waals surface area contributed by atoms with Crippen molar-refractivity contribution in [3.63, 3.8) is 0 Å². The standard InChI is InChI=1S/C18H22BrN5O2/c1-3-20-18(26)23-10-8-22(9-11-23)17(25)16-12-21-24(13(16)2)15-6-4-14(19)5-7-15/h4-7,12H,3,8-11H2,1-2H3,(H,20,26). The van der Waals surface area contributed by atoms with Gasteiger partial charge in [0, 0.05) is 37.2 Å². The molecule has 3 amide bonds. The van der Waals surface area contributed by atoms with E-state index in [2.05, 4.69) is 26.3 Å². The predicted molar refractivity (Wildman–Crippen MR) is 103 cm³/mol. The highest BCUT2D eigenvalue weighted by molar-refractivity contribution is 9.10. The van der Waals surface area contributed by atoms with E-state index in [1.807, 2.05) is 38.1 Å². The summed E-state index contributed by atoms with van der Waals surface area (Å²) >= 11 is 3.42. The number of urea groups is 1. The maximum atomic E-state index is 12.9. The van der Waals surface area contributed by atoms with Gasteiger partial charge in [0.15, 0.2) is 0 Å². The molecule has 0 aliphatic carbocycles. The van der Waals surface area contributed by atoms with Crippen molar-refractivity contribution in [2.24, 2.45) is 0 Å². The van der Waals surface area contributed by atoms with E-state index >= 15 is 0 Å². The molecule has 1 saturated heterocycles. The van der Waals surface area contributed by atoms with Gasteiger partial charge >= 0.3 is 6.03 Å². The number of nitrogens with zero attached hydrogens (tertiary/aromatic N) is 4. The zero-order valence-electron chi connectivity index (χ0n) is 14.9. The molecule has 7 nitrogen and oxygen atoms in total. The molecule has 2 heterocycles. The summed E-state index contributed by atoms with van der Waals surface area (Å²) in [5.74, 6) is -0.0404. The van der Waals surface area contributed by atoms with Gasteiger partial charge in [-0.2, -0.15) is 5.10 Å². The largest absolute Gasteiger partial charge is 0.338 e.